The number of aromatic nitrogens is 4. The summed E-state index contributed by atoms with van der Waals surface area (Å²) >= 11 is 0. The number of para-hydroxylation sites is 2. The summed E-state index contributed by atoms with van der Waals surface area (Å²) in [4.78, 5) is 15.7. The second-order valence-electron chi connectivity index (χ2n) is 17.9. The van der Waals surface area contributed by atoms with Gasteiger partial charge < -0.3 is 13.4 Å². The molecule has 0 fully saturated rings. The third kappa shape index (κ3) is 5.76. The fourth-order valence-electron chi connectivity index (χ4n) is 10.8. The normalized spacial score (nSPS) is 12.1. The Bertz CT molecular complexity index is 4600. The first kappa shape index (κ1) is 37.8. The van der Waals surface area contributed by atoms with Gasteiger partial charge in [-0.25, -0.2) is 15.0 Å². The molecule has 11 aromatic carbocycles. The molecule has 320 valence electrons. The van der Waals surface area contributed by atoms with Crippen molar-refractivity contribution in [1.29, 1.82) is 0 Å². The zero-order valence-electron chi connectivity index (χ0n) is 36.9. The highest BCUT2D eigenvalue weighted by Crippen LogP contribution is 2.45. The largest absolute Gasteiger partial charge is 0.456 e. The first-order valence-electron chi connectivity index (χ1n) is 23.2. The summed E-state index contributed by atoms with van der Waals surface area (Å²) in [5.74, 6) is 1.62. The molecular formula is C63H36N4O2. The van der Waals surface area contributed by atoms with Crippen LogP contribution < -0.4 is 0 Å². The predicted octanol–water partition coefficient (Wildman–Crippen LogP) is 16.9. The Labute approximate surface area is 394 Å². The van der Waals surface area contributed by atoms with E-state index in [1.165, 1.54) is 32.3 Å². The van der Waals surface area contributed by atoms with E-state index in [9.17, 15) is 0 Å². The van der Waals surface area contributed by atoms with Gasteiger partial charge in [0, 0.05) is 54.9 Å². The topological polar surface area (TPSA) is 69.9 Å². The molecule has 15 rings (SSSR count). The van der Waals surface area contributed by atoms with E-state index < -0.39 is 0 Å². The molecule has 0 radical (unpaired) electrons. The molecule has 0 unspecified atom stereocenters. The highest BCUT2D eigenvalue weighted by atomic mass is 16.3. The van der Waals surface area contributed by atoms with Crippen LogP contribution in [0.5, 0.6) is 0 Å². The molecule has 4 heterocycles. The van der Waals surface area contributed by atoms with Crippen LogP contribution in [0.2, 0.25) is 0 Å². The van der Waals surface area contributed by atoms with Gasteiger partial charge in [-0.05, 0) is 80.5 Å². The molecular weight excluding hydrogens is 845 g/mol. The highest BCUT2D eigenvalue weighted by molar-refractivity contribution is 6.26. The number of benzene rings is 11. The van der Waals surface area contributed by atoms with Crippen molar-refractivity contribution >= 4 is 98.0 Å². The van der Waals surface area contributed by atoms with Gasteiger partial charge in [-0.1, -0.05) is 170 Å². The summed E-state index contributed by atoms with van der Waals surface area (Å²) in [6.07, 6.45) is 0. The minimum atomic E-state index is 0.516. The second kappa shape index (κ2) is 14.6. The van der Waals surface area contributed by atoms with Crippen LogP contribution in [0.15, 0.2) is 227 Å². The number of furan rings is 2. The molecule has 4 aromatic heterocycles. The van der Waals surface area contributed by atoms with Crippen LogP contribution in [-0.4, -0.2) is 19.5 Å². The Morgan fingerprint density at radius 3 is 1.77 bits per heavy atom. The van der Waals surface area contributed by atoms with Gasteiger partial charge in [-0.15, -0.1) is 0 Å². The van der Waals surface area contributed by atoms with Gasteiger partial charge in [0.2, 0.25) is 0 Å². The van der Waals surface area contributed by atoms with Crippen LogP contribution in [0.1, 0.15) is 0 Å². The summed E-state index contributed by atoms with van der Waals surface area (Å²) in [7, 11) is 0. The van der Waals surface area contributed by atoms with Gasteiger partial charge in [0.05, 0.1) is 22.3 Å². The molecule has 0 bridgehead atoms. The standard InChI is InChI=1S/C63H36N4O2/c1-2-13-37(14-3-1)38-25-27-40(28-26-38)61-64-62(43-29-31-47-46-20-10-11-24-55(46)68-56(47)35-43)66-63(65-61)50-23-12-22-49-59-48-21-9-8-19-45(48)54(36-57(59)69-60(49)50)67-52-32-30-39-15-6-7-18-44(39)58(52)51-33-41-16-4-5-17-42(41)34-53(51)67/h1-36H. The van der Waals surface area contributed by atoms with Crippen LogP contribution in [0.3, 0.4) is 0 Å². The van der Waals surface area contributed by atoms with Crippen molar-refractivity contribution < 1.29 is 8.83 Å². The molecule has 69 heavy (non-hydrogen) atoms. The lowest BCUT2D eigenvalue weighted by molar-refractivity contribution is 0.668. The molecule has 0 amide bonds. The van der Waals surface area contributed by atoms with Crippen molar-refractivity contribution in [3.8, 4) is 51.0 Å². The van der Waals surface area contributed by atoms with E-state index in [0.29, 0.717) is 23.1 Å². The average molecular weight is 881 g/mol. The first-order valence-corrected chi connectivity index (χ1v) is 23.2. The zero-order valence-corrected chi connectivity index (χ0v) is 36.9. The van der Waals surface area contributed by atoms with E-state index in [2.05, 4.69) is 193 Å². The van der Waals surface area contributed by atoms with Crippen LogP contribution in [-0.2, 0) is 0 Å². The summed E-state index contributed by atoms with van der Waals surface area (Å²) in [6, 6.07) is 76.9. The predicted molar refractivity (Wildman–Crippen MR) is 283 cm³/mol. The highest BCUT2D eigenvalue weighted by Gasteiger charge is 2.23. The van der Waals surface area contributed by atoms with Crippen molar-refractivity contribution in [2.24, 2.45) is 0 Å². The quantitative estimate of drug-likeness (QED) is 0.172. The molecule has 0 atom stereocenters. The fourth-order valence-corrected chi connectivity index (χ4v) is 10.8. The lowest BCUT2D eigenvalue weighted by atomic mass is 10.0. The van der Waals surface area contributed by atoms with E-state index in [0.717, 1.165) is 93.6 Å². The third-order valence-electron chi connectivity index (χ3n) is 14.0. The smallest absolute Gasteiger partial charge is 0.167 e. The van der Waals surface area contributed by atoms with Crippen molar-refractivity contribution in [2.75, 3.05) is 0 Å². The zero-order chi connectivity index (χ0) is 45.2. The van der Waals surface area contributed by atoms with E-state index >= 15 is 0 Å². The van der Waals surface area contributed by atoms with Crippen molar-refractivity contribution in [2.45, 2.75) is 0 Å². The van der Waals surface area contributed by atoms with Gasteiger partial charge in [0.15, 0.2) is 17.5 Å². The molecule has 0 spiro atoms. The maximum Gasteiger partial charge on any atom is 0.167 e. The van der Waals surface area contributed by atoms with E-state index in [4.69, 9.17) is 23.8 Å². The van der Waals surface area contributed by atoms with E-state index in [1.54, 1.807) is 0 Å². The SMILES string of the molecule is c1ccc(-c2ccc(-c3nc(-c4ccc5c(c4)oc4ccccc45)nc(-c4cccc5c4oc4cc(-n6c7cc8ccccc8cc7c7c8ccccc8ccc76)c6ccccc6c45)n3)cc2)cc1. The fraction of sp³-hybridized carbons (Fsp3) is 0. The van der Waals surface area contributed by atoms with Crippen molar-refractivity contribution in [3.63, 3.8) is 0 Å². The Balaban J connectivity index is 0.965. The van der Waals surface area contributed by atoms with Gasteiger partial charge in [0.1, 0.15) is 22.3 Å². The molecule has 0 aliphatic heterocycles. The van der Waals surface area contributed by atoms with E-state index in [-0.39, 0.29) is 0 Å². The number of hydrogen-bond donors (Lipinski definition) is 0. The number of hydrogen-bond acceptors (Lipinski definition) is 5. The summed E-state index contributed by atoms with van der Waals surface area (Å²) in [5, 5.41) is 13.7. The second-order valence-corrected chi connectivity index (χ2v) is 17.9. The maximum atomic E-state index is 7.17. The number of nitrogens with zero attached hydrogens (tertiary/aromatic N) is 4. The summed E-state index contributed by atoms with van der Waals surface area (Å²) in [6.45, 7) is 0. The third-order valence-corrected chi connectivity index (χ3v) is 14.0. The Kier molecular flexibility index (Phi) is 7.97. The average Bonchev–Trinajstić information content (AvgIpc) is 4.09. The van der Waals surface area contributed by atoms with Gasteiger partial charge in [0.25, 0.3) is 0 Å². The minimum Gasteiger partial charge on any atom is -0.456 e. The van der Waals surface area contributed by atoms with E-state index in [1.807, 2.05) is 30.3 Å². The van der Waals surface area contributed by atoms with Crippen LogP contribution in [0.25, 0.3) is 149 Å². The molecule has 15 aromatic rings. The summed E-state index contributed by atoms with van der Waals surface area (Å²) in [5.41, 5.74) is 11.2. The van der Waals surface area contributed by atoms with Gasteiger partial charge >= 0.3 is 0 Å². The monoisotopic (exact) mass is 880 g/mol. The maximum absolute atomic E-state index is 7.17. The van der Waals surface area contributed by atoms with Gasteiger partial charge in [-0.3, -0.25) is 0 Å². The van der Waals surface area contributed by atoms with Crippen LogP contribution >= 0.6 is 0 Å². The molecule has 0 saturated carbocycles. The number of fused-ring (bicyclic) bond motifs is 14. The molecule has 6 nitrogen and oxygen atoms in total. The minimum absolute atomic E-state index is 0.516. The lowest BCUT2D eigenvalue weighted by Gasteiger charge is -2.13. The lowest BCUT2D eigenvalue weighted by Crippen LogP contribution is -2.00. The van der Waals surface area contributed by atoms with Crippen LogP contribution in [0.4, 0.5) is 0 Å². The summed E-state index contributed by atoms with van der Waals surface area (Å²) < 4.78 is 16.0. The van der Waals surface area contributed by atoms with Crippen LogP contribution in [0, 0.1) is 0 Å². The molecule has 0 aliphatic carbocycles. The number of rotatable bonds is 5. The van der Waals surface area contributed by atoms with Crippen molar-refractivity contribution in [1.82, 2.24) is 19.5 Å². The Morgan fingerprint density at radius 1 is 0.304 bits per heavy atom. The molecule has 0 N–H and O–H groups in total. The van der Waals surface area contributed by atoms with Crippen molar-refractivity contribution in [3.05, 3.63) is 218 Å². The Morgan fingerprint density at radius 2 is 0.928 bits per heavy atom. The molecule has 0 aliphatic rings. The van der Waals surface area contributed by atoms with Gasteiger partial charge in [-0.2, -0.15) is 0 Å². The molecule has 0 saturated heterocycles. The Hall–Kier alpha value is -9.39. The first-order chi connectivity index (χ1) is 34.2. The molecule has 6 heteroatoms.